The van der Waals surface area contributed by atoms with Gasteiger partial charge in [0, 0.05) is 12.1 Å². The van der Waals surface area contributed by atoms with E-state index in [-0.39, 0.29) is 25.5 Å². The lowest BCUT2D eigenvalue weighted by molar-refractivity contribution is -0.136. The number of hydrogen-bond acceptors (Lipinski definition) is 6. The smallest absolute Gasteiger partial charge is 0.305 e. The van der Waals surface area contributed by atoms with Gasteiger partial charge in [0.1, 0.15) is 11.4 Å². The number of ether oxygens (including phenoxy) is 3. The Morgan fingerprint density at radius 2 is 1.83 bits per heavy atom. The number of carbonyl (C=O) groups excluding carboxylic acids is 2. The highest BCUT2D eigenvalue weighted by Gasteiger charge is 2.17. The molecule has 0 saturated heterocycles. The molecule has 0 aliphatic carbocycles. The van der Waals surface area contributed by atoms with Gasteiger partial charge in [0.2, 0.25) is 6.79 Å². The second-order valence-corrected chi connectivity index (χ2v) is 6.25. The van der Waals surface area contributed by atoms with Gasteiger partial charge in [-0.1, -0.05) is 6.07 Å². The van der Waals surface area contributed by atoms with E-state index < -0.39 is 17.8 Å². The molecule has 0 atom stereocenters. The Balaban J connectivity index is 1.81. The molecule has 0 spiro atoms. The highest BCUT2D eigenvalue weighted by atomic mass is 16.7. The number of carbonyl (C=O) groups is 3. The Kier molecular flexibility index (Phi) is 6.53. The third-order valence-electron chi connectivity index (χ3n) is 4.18. The van der Waals surface area contributed by atoms with Crippen LogP contribution in [0.4, 0.5) is 0 Å². The van der Waals surface area contributed by atoms with Gasteiger partial charge in [-0.2, -0.15) is 0 Å². The maximum Gasteiger partial charge on any atom is 0.305 e. The van der Waals surface area contributed by atoms with Crippen LogP contribution in [-0.4, -0.2) is 43.3 Å². The summed E-state index contributed by atoms with van der Waals surface area (Å²) in [6.07, 6.45) is 1.23. The van der Waals surface area contributed by atoms with Crippen molar-refractivity contribution < 1.29 is 33.7 Å². The summed E-state index contributed by atoms with van der Waals surface area (Å²) in [6, 6.07) is 11.5. The van der Waals surface area contributed by atoms with Gasteiger partial charge < -0.3 is 30.0 Å². The molecule has 2 amide bonds. The third-order valence-corrected chi connectivity index (χ3v) is 4.18. The lowest BCUT2D eigenvalue weighted by Crippen LogP contribution is -2.35. The molecular formula is C21H20N2O7. The van der Waals surface area contributed by atoms with Crippen LogP contribution in [0.15, 0.2) is 48.2 Å². The summed E-state index contributed by atoms with van der Waals surface area (Å²) in [5.74, 6) is -0.459. The van der Waals surface area contributed by atoms with Gasteiger partial charge in [0.05, 0.1) is 13.5 Å². The first-order valence-corrected chi connectivity index (χ1v) is 9.03. The zero-order valence-electron chi connectivity index (χ0n) is 16.1. The van der Waals surface area contributed by atoms with Gasteiger partial charge in [0.25, 0.3) is 11.8 Å². The standard InChI is InChI=1S/C21H20N2O7/c1-28-15-5-3-14(4-6-15)20(26)23-16(21(27)22-9-8-19(24)25)10-13-2-7-17-18(11-13)30-12-29-17/h2-7,10-11H,8-9,12H2,1H3,(H,22,27)(H,23,26)(H,24,25). The Bertz CT molecular complexity index is 983. The molecule has 0 radical (unpaired) electrons. The van der Waals surface area contributed by atoms with Crippen LogP contribution < -0.4 is 24.8 Å². The molecule has 0 fully saturated rings. The minimum absolute atomic E-state index is 0.0416. The number of methoxy groups -OCH3 is 1. The summed E-state index contributed by atoms with van der Waals surface area (Å²) >= 11 is 0. The Hall–Kier alpha value is -4.01. The van der Waals surface area contributed by atoms with E-state index in [1.165, 1.54) is 13.2 Å². The summed E-state index contributed by atoms with van der Waals surface area (Å²) in [5.41, 5.74) is 0.878. The maximum atomic E-state index is 12.6. The fraction of sp³-hybridized carbons (Fsp3) is 0.190. The predicted molar refractivity (Wildman–Crippen MR) is 106 cm³/mol. The van der Waals surface area contributed by atoms with Crippen molar-refractivity contribution in [3.63, 3.8) is 0 Å². The van der Waals surface area contributed by atoms with E-state index in [0.717, 1.165) is 0 Å². The molecule has 3 N–H and O–H groups in total. The predicted octanol–water partition coefficient (Wildman–Crippen LogP) is 1.79. The summed E-state index contributed by atoms with van der Waals surface area (Å²) in [4.78, 5) is 35.9. The highest BCUT2D eigenvalue weighted by molar-refractivity contribution is 6.05. The average Bonchev–Trinajstić information content (AvgIpc) is 3.20. The van der Waals surface area contributed by atoms with E-state index in [1.807, 2.05) is 0 Å². The molecule has 1 heterocycles. The van der Waals surface area contributed by atoms with Crippen LogP contribution >= 0.6 is 0 Å². The van der Waals surface area contributed by atoms with E-state index in [1.54, 1.807) is 42.5 Å². The molecule has 30 heavy (non-hydrogen) atoms. The number of benzene rings is 2. The number of amides is 2. The van der Waals surface area contributed by atoms with Crippen molar-refractivity contribution in [3.05, 3.63) is 59.3 Å². The van der Waals surface area contributed by atoms with Crippen LogP contribution in [0, 0.1) is 0 Å². The largest absolute Gasteiger partial charge is 0.497 e. The molecule has 156 valence electrons. The monoisotopic (exact) mass is 412 g/mol. The zero-order chi connectivity index (χ0) is 21.5. The number of fused-ring (bicyclic) bond motifs is 1. The van der Waals surface area contributed by atoms with Crippen molar-refractivity contribution in [1.82, 2.24) is 10.6 Å². The van der Waals surface area contributed by atoms with Crippen LogP contribution in [0.5, 0.6) is 17.2 Å². The van der Waals surface area contributed by atoms with E-state index in [9.17, 15) is 14.4 Å². The molecular weight excluding hydrogens is 392 g/mol. The first kappa shape index (κ1) is 20.7. The van der Waals surface area contributed by atoms with Crippen LogP contribution in [0.3, 0.4) is 0 Å². The minimum atomic E-state index is -1.04. The van der Waals surface area contributed by atoms with Gasteiger partial charge in [-0.25, -0.2) is 0 Å². The maximum absolute atomic E-state index is 12.6. The second kappa shape index (κ2) is 9.46. The van der Waals surface area contributed by atoms with E-state index >= 15 is 0 Å². The van der Waals surface area contributed by atoms with Gasteiger partial charge >= 0.3 is 5.97 Å². The fourth-order valence-corrected chi connectivity index (χ4v) is 2.64. The molecule has 2 aromatic carbocycles. The second-order valence-electron chi connectivity index (χ2n) is 6.25. The van der Waals surface area contributed by atoms with Crippen molar-refractivity contribution in [2.75, 3.05) is 20.4 Å². The van der Waals surface area contributed by atoms with Gasteiger partial charge in [-0.3, -0.25) is 14.4 Å². The Morgan fingerprint density at radius 1 is 1.10 bits per heavy atom. The van der Waals surface area contributed by atoms with Crippen molar-refractivity contribution in [2.24, 2.45) is 0 Å². The SMILES string of the molecule is COc1ccc(C(=O)NC(=Cc2ccc3c(c2)OCO3)C(=O)NCCC(=O)O)cc1. The number of nitrogens with one attached hydrogen (secondary N) is 2. The third kappa shape index (κ3) is 5.28. The number of hydrogen-bond donors (Lipinski definition) is 3. The molecule has 3 rings (SSSR count). The highest BCUT2D eigenvalue weighted by Crippen LogP contribution is 2.33. The van der Waals surface area contributed by atoms with E-state index in [2.05, 4.69) is 10.6 Å². The van der Waals surface area contributed by atoms with Gasteiger partial charge in [-0.05, 0) is 48.0 Å². The number of rotatable bonds is 8. The van der Waals surface area contributed by atoms with Crippen LogP contribution in [0.1, 0.15) is 22.3 Å². The van der Waals surface area contributed by atoms with Crippen LogP contribution in [0.2, 0.25) is 0 Å². The summed E-state index contributed by atoms with van der Waals surface area (Å²) in [6.45, 7) is 0.0320. The zero-order valence-corrected chi connectivity index (χ0v) is 16.1. The molecule has 9 nitrogen and oxygen atoms in total. The van der Waals surface area contributed by atoms with Crippen molar-refractivity contribution in [2.45, 2.75) is 6.42 Å². The molecule has 0 unspecified atom stereocenters. The topological polar surface area (TPSA) is 123 Å². The molecule has 0 aromatic heterocycles. The molecule has 0 bridgehead atoms. The lowest BCUT2D eigenvalue weighted by atomic mass is 10.1. The first-order chi connectivity index (χ1) is 14.5. The quantitative estimate of drug-likeness (QED) is 0.565. The molecule has 0 saturated carbocycles. The van der Waals surface area contributed by atoms with Crippen molar-refractivity contribution in [1.29, 1.82) is 0 Å². The number of aliphatic carboxylic acids is 1. The first-order valence-electron chi connectivity index (χ1n) is 9.03. The average molecular weight is 412 g/mol. The number of carboxylic acids is 1. The number of carboxylic acid groups (broad SMARTS) is 1. The summed E-state index contributed by atoms with van der Waals surface area (Å²) in [7, 11) is 1.52. The van der Waals surface area contributed by atoms with Gasteiger partial charge in [0.15, 0.2) is 11.5 Å². The van der Waals surface area contributed by atoms with E-state index in [4.69, 9.17) is 19.3 Å². The normalized spacial score (nSPS) is 12.2. The lowest BCUT2D eigenvalue weighted by Gasteiger charge is -2.11. The van der Waals surface area contributed by atoms with Gasteiger partial charge in [-0.15, -0.1) is 0 Å². The van der Waals surface area contributed by atoms with Crippen LogP contribution in [0.25, 0.3) is 6.08 Å². The minimum Gasteiger partial charge on any atom is -0.497 e. The Morgan fingerprint density at radius 3 is 2.53 bits per heavy atom. The molecule has 2 aromatic rings. The molecule has 9 heteroatoms. The summed E-state index contributed by atoms with van der Waals surface area (Å²) < 4.78 is 15.7. The van der Waals surface area contributed by atoms with E-state index in [0.29, 0.717) is 28.4 Å². The molecule has 1 aliphatic heterocycles. The Labute approximate surface area is 172 Å². The molecule has 1 aliphatic rings. The van der Waals surface area contributed by atoms with Crippen LogP contribution in [-0.2, 0) is 9.59 Å². The fourth-order valence-electron chi connectivity index (χ4n) is 2.64. The van der Waals surface area contributed by atoms with Crippen molar-refractivity contribution in [3.8, 4) is 17.2 Å². The van der Waals surface area contributed by atoms with Crippen molar-refractivity contribution >= 4 is 23.9 Å². The summed E-state index contributed by atoms with van der Waals surface area (Å²) in [5, 5.41) is 13.8.